The zero-order valence-electron chi connectivity index (χ0n) is 18.7. The van der Waals surface area contributed by atoms with Crippen LogP contribution in [0.15, 0.2) is 64.3 Å². The molecule has 3 aromatic heterocycles. The Balaban J connectivity index is 1.48. The predicted molar refractivity (Wildman–Crippen MR) is 131 cm³/mol. The third-order valence-corrected chi connectivity index (χ3v) is 6.26. The third-order valence-electron chi connectivity index (χ3n) is 6.26. The van der Waals surface area contributed by atoms with Gasteiger partial charge in [0.05, 0.1) is 41.5 Å². The summed E-state index contributed by atoms with van der Waals surface area (Å²) in [5.74, 6) is 0.510. The number of hydrogen-bond acceptors (Lipinski definition) is 7. The molecular formula is C25H24N6O3. The highest BCUT2D eigenvalue weighted by atomic mass is 16.5. The van der Waals surface area contributed by atoms with Crippen LogP contribution in [0.5, 0.6) is 0 Å². The minimum atomic E-state index is -0.221. The zero-order valence-corrected chi connectivity index (χ0v) is 18.7. The van der Waals surface area contributed by atoms with E-state index < -0.39 is 0 Å². The lowest BCUT2D eigenvalue weighted by molar-refractivity contribution is 0.122. The summed E-state index contributed by atoms with van der Waals surface area (Å²) in [5.41, 5.74) is 5.21. The van der Waals surface area contributed by atoms with Gasteiger partial charge in [-0.15, -0.1) is 0 Å². The van der Waals surface area contributed by atoms with E-state index in [2.05, 4.69) is 37.3 Å². The number of H-pyrrole nitrogens is 2. The van der Waals surface area contributed by atoms with Crippen molar-refractivity contribution < 1.29 is 9.15 Å². The number of nitrogens with one attached hydrogen (secondary N) is 3. The molecule has 3 N–H and O–H groups in total. The Bertz CT molecular complexity index is 1520. The van der Waals surface area contributed by atoms with E-state index in [4.69, 9.17) is 14.1 Å². The maximum Gasteiger partial charge on any atom is 0.261 e. The van der Waals surface area contributed by atoms with E-state index >= 15 is 0 Å². The van der Waals surface area contributed by atoms with Gasteiger partial charge in [-0.1, -0.05) is 18.2 Å². The first-order valence-corrected chi connectivity index (χ1v) is 11.3. The van der Waals surface area contributed by atoms with Crippen molar-refractivity contribution in [2.24, 2.45) is 0 Å². The van der Waals surface area contributed by atoms with Crippen LogP contribution >= 0.6 is 0 Å². The lowest BCUT2D eigenvalue weighted by atomic mass is 10.1. The number of aromatic nitrogens is 4. The van der Waals surface area contributed by atoms with Crippen LogP contribution in [0.1, 0.15) is 18.7 Å². The molecule has 0 bridgehead atoms. The molecule has 0 unspecified atom stereocenters. The van der Waals surface area contributed by atoms with Crippen LogP contribution in [-0.2, 0) is 4.74 Å². The standard InChI is InChI=1S/C25H24N6O3/c1-15(21-13-34-14-26-21)27-23-17-4-2-3-5-18(17)30-25(32)22(23)24-28-19-7-6-16(12-20(19)29-24)31-8-10-33-11-9-31/h2-7,12-15H,8-11H2,1H3,(H,28,29)(H2,27,30,32)/t15-/m0/s1. The molecule has 34 heavy (non-hydrogen) atoms. The number of fused-ring (bicyclic) bond motifs is 2. The number of anilines is 2. The number of hydrogen-bond donors (Lipinski definition) is 3. The Morgan fingerprint density at radius 2 is 1.94 bits per heavy atom. The predicted octanol–water partition coefficient (Wildman–Crippen LogP) is 4.07. The largest absolute Gasteiger partial charge is 0.451 e. The summed E-state index contributed by atoms with van der Waals surface area (Å²) >= 11 is 0. The average Bonchev–Trinajstić information content (AvgIpc) is 3.54. The van der Waals surface area contributed by atoms with Crippen molar-refractivity contribution in [3.8, 4) is 11.4 Å². The minimum absolute atomic E-state index is 0.181. The smallest absolute Gasteiger partial charge is 0.261 e. The third kappa shape index (κ3) is 3.60. The van der Waals surface area contributed by atoms with Crippen molar-refractivity contribution in [1.29, 1.82) is 0 Å². The fraction of sp³-hybridized carbons (Fsp3) is 0.240. The summed E-state index contributed by atoms with van der Waals surface area (Å²) in [7, 11) is 0. The normalized spacial score (nSPS) is 15.1. The van der Waals surface area contributed by atoms with E-state index in [0.717, 1.165) is 59.6 Å². The van der Waals surface area contributed by atoms with Gasteiger partial charge in [0.15, 0.2) is 6.39 Å². The molecule has 172 valence electrons. The van der Waals surface area contributed by atoms with E-state index in [0.29, 0.717) is 17.1 Å². The number of pyridine rings is 1. The molecule has 1 aliphatic heterocycles. The van der Waals surface area contributed by atoms with Gasteiger partial charge >= 0.3 is 0 Å². The van der Waals surface area contributed by atoms with Gasteiger partial charge in [0.2, 0.25) is 0 Å². The van der Waals surface area contributed by atoms with Crippen LogP contribution in [-0.4, -0.2) is 46.2 Å². The molecule has 9 heteroatoms. The number of para-hydroxylation sites is 1. The maximum atomic E-state index is 13.3. The van der Waals surface area contributed by atoms with Crippen LogP contribution in [0.4, 0.5) is 11.4 Å². The molecule has 1 saturated heterocycles. The van der Waals surface area contributed by atoms with E-state index in [1.807, 2.05) is 37.3 Å². The first-order chi connectivity index (χ1) is 16.7. The first-order valence-electron chi connectivity index (χ1n) is 11.3. The Hall–Kier alpha value is -4.11. The average molecular weight is 457 g/mol. The molecule has 5 aromatic rings. The molecule has 2 aromatic carbocycles. The molecule has 1 aliphatic rings. The molecule has 0 aliphatic carbocycles. The fourth-order valence-electron chi connectivity index (χ4n) is 4.48. The number of aromatic amines is 2. The van der Waals surface area contributed by atoms with Crippen molar-refractivity contribution in [2.45, 2.75) is 13.0 Å². The lowest BCUT2D eigenvalue weighted by Crippen LogP contribution is -2.36. The second-order valence-electron chi connectivity index (χ2n) is 8.42. The molecule has 0 amide bonds. The maximum absolute atomic E-state index is 13.3. The van der Waals surface area contributed by atoms with Crippen molar-refractivity contribution >= 4 is 33.3 Å². The molecular weight excluding hydrogens is 432 g/mol. The molecule has 1 atom stereocenters. The van der Waals surface area contributed by atoms with Gasteiger partial charge in [-0.3, -0.25) is 4.79 Å². The van der Waals surface area contributed by atoms with E-state index in [1.165, 1.54) is 6.39 Å². The van der Waals surface area contributed by atoms with Crippen LogP contribution in [0.2, 0.25) is 0 Å². The quantitative estimate of drug-likeness (QED) is 0.365. The molecule has 0 radical (unpaired) electrons. The highest BCUT2D eigenvalue weighted by Gasteiger charge is 2.21. The number of benzene rings is 2. The molecule has 0 saturated carbocycles. The highest BCUT2D eigenvalue weighted by Crippen LogP contribution is 2.33. The first kappa shape index (κ1) is 20.5. The van der Waals surface area contributed by atoms with Crippen molar-refractivity contribution in [3.05, 3.63) is 71.2 Å². The minimum Gasteiger partial charge on any atom is -0.451 e. The summed E-state index contributed by atoms with van der Waals surface area (Å²) in [6.07, 6.45) is 3.00. The Morgan fingerprint density at radius 1 is 1.09 bits per heavy atom. The van der Waals surface area contributed by atoms with Crippen molar-refractivity contribution in [1.82, 2.24) is 19.9 Å². The number of imidazole rings is 1. The topological polar surface area (TPSA) is 112 Å². The van der Waals surface area contributed by atoms with Gasteiger partial charge in [-0.2, -0.15) is 0 Å². The van der Waals surface area contributed by atoms with Crippen molar-refractivity contribution in [3.63, 3.8) is 0 Å². The van der Waals surface area contributed by atoms with Crippen LogP contribution < -0.4 is 15.8 Å². The Morgan fingerprint density at radius 3 is 2.76 bits per heavy atom. The summed E-state index contributed by atoms with van der Waals surface area (Å²) in [5, 5.41) is 4.37. The van der Waals surface area contributed by atoms with Gasteiger partial charge in [0.1, 0.15) is 23.3 Å². The summed E-state index contributed by atoms with van der Waals surface area (Å²) < 4.78 is 10.6. The summed E-state index contributed by atoms with van der Waals surface area (Å²) in [6, 6.07) is 13.7. The Kier molecular flexibility index (Phi) is 5.03. The van der Waals surface area contributed by atoms with E-state index in [1.54, 1.807) is 6.26 Å². The molecule has 0 spiro atoms. The van der Waals surface area contributed by atoms with Crippen LogP contribution in [0.25, 0.3) is 33.3 Å². The van der Waals surface area contributed by atoms with Crippen LogP contribution in [0.3, 0.4) is 0 Å². The number of nitrogens with zero attached hydrogens (tertiary/aromatic N) is 3. The van der Waals surface area contributed by atoms with E-state index in [-0.39, 0.29) is 11.6 Å². The second kappa shape index (κ2) is 8.35. The van der Waals surface area contributed by atoms with Gasteiger partial charge in [-0.25, -0.2) is 9.97 Å². The van der Waals surface area contributed by atoms with Gasteiger partial charge in [0.25, 0.3) is 5.56 Å². The molecule has 4 heterocycles. The van der Waals surface area contributed by atoms with Gasteiger partial charge < -0.3 is 29.3 Å². The fourth-order valence-corrected chi connectivity index (χ4v) is 4.48. The molecule has 6 rings (SSSR count). The zero-order chi connectivity index (χ0) is 23.1. The second-order valence-corrected chi connectivity index (χ2v) is 8.42. The SMILES string of the molecule is C[C@H](Nc1c(-c2nc3ccc(N4CCOCC4)cc3[nH]2)c(=O)[nH]c2ccccc12)c1cocn1. The lowest BCUT2D eigenvalue weighted by Gasteiger charge is -2.28. The number of morpholine rings is 1. The Labute approximate surface area is 194 Å². The summed E-state index contributed by atoms with van der Waals surface area (Å²) in [4.78, 5) is 31.0. The van der Waals surface area contributed by atoms with E-state index in [9.17, 15) is 4.79 Å². The highest BCUT2D eigenvalue weighted by molar-refractivity contribution is 5.99. The number of ether oxygens (including phenoxy) is 1. The summed E-state index contributed by atoms with van der Waals surface area (Å²) in [6.45, 7) is 5.12. The van der Waals surface area contributed by atoms with Gasteiger partial charge in [0, 0.05) is 24.2 Å². The van der Waals surface area contributed by atoms with Crippen molar-refractivity contribution in [2.75, 3.05) is 36.5 Å². The molecule has 1 fully saturated rings. The number of rotatable bonds is 5. The monoisotopic (exact) mass is 456 g/mol. The van der Waals surface area contributed by atoms with Crippen LogP contribution in [0, 0.1) is 0 Å². The number of oxazole rings is 1. The molecule has 9 nitrogen and oxygen atoms in total. The van der Waals surface area contributed by atoms with Gasteiger partial charge in [-0.05, 0) is 31.2 Å².